The van der Waals surface area contributed by atoms with Crippen LogP contribution < -0.4 is 10.6 Å². The van der Waals surface area contributed by atoms with Crippen molar-refractivity contribution in [1.82, 2.24) is 25.5 Å². The molecule has 0 radical (unpaired) electrons. The van der Waals surface area contributed by atoms with Crippen molar-refractivity contribution in [1.29, 1.82) is 0 Å². The third kappa shape index (κ3) is 4.06. The smallest absolute Gasteiger partial charge is 0.319 e. The van der Waals surface area contributed by atoms with Gasteiger partial charge in [-0.15, -0.1) is 5.10 Å². The van der Waals surface area contributed by atoms with Crippen molar-refractivity contribution in [3.63, 3.8) is 0 Å². The number of hydrogen-bond donors (Lipinski definition) is 2. The second-order valence-corrected chi connectivity index (χ2v) is 6.03. The van der Waals surface area contributed by atoms with Gasteiger partial charge in [-0.1, -0.05) is 25.3 Å². The zero-order valence-electron chi connectivity index (χ0n) is 13.3. The number of hydrogen-bond acceptors (Lipinski definition) is 4. The summed E-state index contributed by atoms with van der Waals surface area (Å²) in [5, 5.41) is 17.3. The molecule has 122 valence electrons. The van der Waals surface area contributed by atoms with E-state index in [0.29, 0.717) is 11.7 Å². The van der Waals surface area contributed by atoms with E-state index in [1.165, 1.54) is 32.1 Å². The van der Waals surface area contributed by atoms with Crippen LogP contribution in [-0.2, 0) is 0 Å². The van der Waals surface area contributed by atoms with E-state index in [-0.39, 0.29) is 6.03 Å². The summed E-state index contributed by atoms with van der Waals surface area (Å²) in [5.41, 5.74) is 1.54. The van der Waals surface area contributed by atoms with Crippen LogP contribution in [0.3, 0.4) is 0 Å². The maximum Gasteiger partial charge on any atom is 0.319 e. The van der Waals surface area contributed by atoms with Crippen molar-refractivity contribution in [3.05, 3.63) is 30.1 Å². The van der Waals surface area contributed by atoms with Gasteiger partial charge in [-0.2, -0.15) is 4.68 Å². The number of urea groups is 1. The van der Waals surface area contributed by atoms with Crippen molar-refractivity contribution in [2.45, 2.75) is 39.0 Å². The summed E-state index contributed by atoms with van der Waals surface area (Å²) >= 11 is 0. The largest absolute Gasteiger partial charge is 0.338 e. The first kappa shape index (κ1) is 15.5. The number of anilines is 1. The van der Waals surface area contributed by atoms with E-state index >= 15 is 0 Å². The third-order valence-electron chi connectivity index (χ3n) is 4.25. The fraction of sp³-hybridized carbons (Fsp3) is 0.500. The highest BCUT2D eigenvalue weighted by Gasteiger charge is 2.14. The Kier molecular flexibility index (Phi) is 4.85. The highest BCUT2D eigenvalue weighted by molar-refractivity contribution is 5.89. The van der Waals surface area contributed by atoms with Crippen LogP contribution in [0.15, 0.2) is 24.3 Å². The average Bonchev–Trinajstić information content (AvgIpc) is 3.00. The third-order valence-corrected chi connectivity index (χ3v) is 4.25. The summed E-state index contributed by atoms with van der Waals surface area (Å²) in [5.74, 6) is 1.31. The fourth-order valence-corrected chi connectivity index (χ4v) is 2.99. The Bertz CT molecular complexity index is 662. The predicted molar refractivity (Wildman–Crippen MR) is 87.5 cm³/mol. The molecule has 1 fully saturated rings. The van der Waals surface area contributed by atoms with E-state index in [1.54, 1.807) is 4.68 Å². The summed E-state index contributed by atoms with van der Waals surface area (Å²) in [6, 6.07) is 7.30. The first-order chi connectivity index (χ1) is 11.2. The van der Waals surface area contributed by atoms with Crippen LogP contribution in [0.4, 0.5) is 10.5 Å². The highest BCUT2D eigenvalue weighted by atomic mass is 16.2. The van der Waals surface area contributed by atoms with Crippen LogP contribution in [0.25, 0.3) is 5.69 Å². The van der Waals surface area contributed by atoms with Gasteiger partial charge < -0.3 is 10.6 Å². The van der Waals surface area contributed by atoms with Gasteiger partial charge in [0, 0.05) is 12.2 Å². The van der Waals surface area contributed by atoms with Crippen molar-refractivity contribution in [2.24, 2.45) is 5.92 Å². The number of nitrogens with zero attached hydrogens (tertiary/aromatic N) is 4. The molecule has 23 heavy (non-hydrogen) atoms. The Hall–Kier alpha value is -2.44. The molecule has 7 heteroatoms. The number of tetrazole rings is 1. The SMILES string of the molecule is Cc1nnnn1-c1cccc(NC(=O)NCC2CCCCC2)c1. The number of aromatic nitrogens is 4. The minimum atomic E-state index is -0.166. The lowest BCUT2D eigenvalue weighted by Crippen LogP contribution is -2.33. The molecule has 1 saturated carbocycles. The Morgan fingerprint density at radius 1 is 1.30 bits per heavy atom. The lowest BCUT2D eigenvalue weighted by Gasteiger charge is -2.21. The molecular formula is C16H22N6O. The molecule has 7 nitrogen and oxygen atoms in total. The fourth-order valence-electron chi connectivity index (χ4n) is 2.99. The molecule has 0 aliphatic heterocycles. The minimum absolute atomic E-state index is 0.166. The summed E-state index contributed by atoms with van der Waals surface area (Å²) in [6.07, 6.45) is 6.32. The number of aryl methyl sites for hydroxylation is 1. The van der Waals surface area contributed by atoms with Gasteiger partial charge in [-0.3, -0.25) is 0 Å². The van der Waals surface area contributed by atoms with Crippen LogP contribution >= 0.6 is 0 Å². The second kappa shape index (κ2) is 7.21. The predicted octanol–water partition coefficient (Wildman–Crippen LogP) is 2.67. The monoisotopic (exact) mass is 314 g/mol. The molecule has 1 heterocycles. The van der Waals surface area contributed by atoms with E-state index < -0.39 is 0 Å². The molecule has 0 saturated heterocycles. The lowest BCUT2D eigenvalue weighted by atomic mass is 9.89. The number of nitrogens with one attached hydrogen (secondary N) is 2. The van der Waals surface area contributed by atoms with Crippen LogP contribution in [0, 0.1) is 12.8 Å². The standard InChI is InChI=1S/C16H22N6O/c1-12-19-20-21-22(12)15-9-5-8-14(10-15)18-16(23)17-11-13-6-3-2-4-7-13/h5,8-10,13H,2-4,6-7,11H2,1H3,(H2,17,18,23). The molecule has 0 unspecified atom stereocenters. The zero-order valence-corrected chi connectivity index (χ0v) is 13.3. The molecule has 2 amide bonds. The first-order valence-electron chi connectivity index (χ1n) is 8.12. The molecule has 0 bridgehead atoms. The number of carbonyl (C=O) groups excluding carboxylic acids is 1. The molecule has 1 aliphatic carbocycles. The number of benzene rings is 1. The zero-order chi connectivity index (χ0) is 16.1. The van der Waals surface area contributed by atoms with Gasteiger partial charge in [0.2, 0.25) is 0 Å². The topological polar surface area (TPSA) is 84.7 Å². The van der Waals surface area contributed by atoms with Gasteiger partial charge in [-0.05, 0) is 54.3 Å². The second-order valence-electron chi connectivity index (χ2n) is 6.03. The van der Waals surface area contributed by atoms with Gasteiger partial charge in [0.15, 0.2) is 5.82 Å². The lowest BCUT2D eigenvalue weighted by molar-refractivity contribution is 0.247. The van der Waals surface area contributed by atoms with Crippen LogP contribution in [0.1, 0.15) is 37.9 Å². The van der Waals surface area contributed by atoms with Crippen molar-refractivity contribution in [3.8, 4) is 5.69 Å². The molecule has 1 aromatic carbocycles. The summed E-state index contributed by atoms with van der Waals surface area (Å²) in [7, 11) is 0. The molecule has 0 atom stereocenters. The number of carbonyl (C=O) groups is 1. The molecule has 1 aromatic heterocycles. The van der Waals surface area contributed by atoms with Gasteiger partial charge >= 0.3 is 6.03 Å². The Morgan fingerprint density at radius 3 is 2.87 bits per heavy atom. The van der Waals surface area contributed by atoms with Gasteiger partial charge in [0.25, 0.3) is 0 Å². The van der Waals surface area contributed by atoms with E-state index in [2.05, 4.69) is 26.2 Å². The summed E-state index contributed by atoms with van der Waals surface area (Å²) in [6.45, 7) is 2.58. The maximum atomic E-state index is 12.1. The summed E-state index contributed by atoms with van der Waals surface area (Å²) in [4.78, 5) is 12.1. The van der Waals surface area contributed by atoms with Gasteiger partial charge in [0.1, 0.15) is 0 Å². The van der Waals surface area contributed by atoms with Gasteiger partial charge in [0.05, 0.1) is 5.69 Å². The van der Waals surface area contributed by atoms with E-state index in [4.69, 9.17) is 0 Å². The van der Waals surface area contributed by atoms with Crippen LogP contribution in [-0.4, -0.2) is 32.8 Å². The van der Waals surface area contributed by atoms with E-state index in [9.17, 15) is 4.79 Å². The molecule has 2 aromatic rings. The number of amides is 2. The Balaban J connectivity index is 1.57. The van der Waals surface area contributed by atoms with Crippen LogP contribution in [0.5, 0.6) is 0 Å². The average molecular weight is 314 g/mol. The normalized spacial score (nSPS) is 15.3. The molecule has 2 N–H and O–H groups in total. The Labute approximate surface area is 135 Å². The van der Waals surface area contributed by atoms with Crippen molar-refractivity contribution < 1.29 is 4.79 Å². The molecule has 3 rings (SSSR count). The quantitative estimate of drug-likeness (QED) is 0.908. The van der Waals surface area contributed by atoms with Gasteiger partial charge in [-0.25, -0.2) is 4.79 Å². The molecular weight excluding hydrogens is 292 g/mol. The maximum absolute atomic E-state index is 12.1. The van der Waals surface area contributed by atoms with E-state index in [0.717, 1.165) is 17.9 Å². The summed E-state index contributed by atoms with van der Waals surface area (Å²) < 4.78 is 1.63. The van der Waals surface area contributed by atoms with Crippen molar-refractivity contribution in [2.75, 3.05) is 11.9 Å². The minimum Gasteiger partial charge on any atom is -0.338 e. The molecule has 0 spiro atoms. The molecule has 1 aliphatic rings. The van der Waals surface area contributed by atoms with Crippen molar-refractivity contribution >= 4 is 11.7 Å². The highest BCUT2D eigenvalue weighted by Crippen LogP contribution is 2.22. The van der Waals surface area contributed by atoms with E-state index in [1.807, 2.05) is 31.2 Å². The first-order valence-corrected chi connectivity index (χ1v) is 8.12. The Morgan fingerprint density at radius 2 is 2.13 bits per heavy atom. The van der Waals surface area contributed by atoms with Crippen LogP contribution in [0.2, 0.25) is 0 Å². The number of rotatable bonds is 4.